The largest absolute Gasteiger partial charge is 0.481 e. The summed E-state index contributed by atoms with van der Waals surface area (Å²) >= 11 is 0. The fourth-order valence-electron chi connectivity index (χ4n) is 3.59. The molecule has 0 spiro atoms. The number of hydrogen-bond acceptors (Lipinski definition) is 5. The lowest BCUT2D eigenvalue weighted by Crippen LogP contribution is -2.41. The van der Waals surface area contributed by atoms with Crippen LogP contribution in [0.4, 0.5) is 0 Å². The first-order valence-electron chi connectivity index (χ1n) is 9.92. The number of amides is 1. The standard InChI is InChI=1S/C22H30N2O4/c1-4-22(2,3)17-9-11-18(12-10-17)24-20(25)14-28-21(26)15-27-19-8-6-5-7-16(19)13-23/h5-8,17-18H,4,9-12,14-15H2,1-3H3,(H,24,25). The van der Waals surface area contributed by atoms with E-state index in [0.29, 0.717) is 22.6 Å². The number of benzene rings is 1. The van der Waals surface area contributed by atoms with E-state index in [1.807, 2.05) is 6.07 Å². The van der Waals surface area contributed by atoms with Crippen molar-refractivity contribution in [3.8, 4) is 11.8 Å². The SMILES string of the molecule is CCC(C)(C)C1CCC(NC(=O)COC(=O)COc2ccccc2C#N)CC1. The number of carbonyl (C=O) groups excluding carboxylic acids is 2. The third kappa shape index (κ3) is 6.26. The van der Waals surface area contributed by atoms with Gasteiger partial charge in [0.15, 0.2) is 13.2 Å². The second kappa shape index (κ2) is 10.1. The average molecular weight is 386 g/mol. The van der Waals surface area contributed by atoms with E-state index >= 15 is 0 Å². The van der Waals surface area contributed by atoms with Crippen LogP contribution in [-0.2, 0) is 14.3 Å². The second-order valence-electron chi connectivity index (χ2n) is 8.02. The minimum atomic E-state index is -0.642. The third-order valence-corrected chi connectivity index (χ3v) is 5.83. The Morgan fingerprint density at radius 2 is 1.86 bits per heavy atom. The number of carbonyl (C=O) groups is 2. The number of hydrogen-bond donors (Lipinski definition) is 1. The van der Waals surface area contributed by atoms with Gasteiger partial charge >= 0.3 is 5.97 Å². The van der Waals surface area contributed by atoms with Gasteiger partial charge in [-0.1, -0.05) is 39.3 Å². The average Bonchev–Trinajstić information content (AvgIpc) is 2.71. The van der Waals surface area contributed by atoms with Crippen LogP contribution in [0.2, 0.25) is 0 Å². The number of rotatable bonds is 8. The molecule has 6 heteroatoms. The van der Waals surface area contributed by atoms with Crippen LogP contribution in [0.25, 0.3) is 0 Å². The number of nitrogens with zero attached hydrogens (tertiary/aromatic N) is 1. The third-order valence-electron chi connectivity index (χ3n) is 5.83. The predicted octanol–water partition coefficient (Wildman–Crippen LogP) is 3.59. The van der Waals surface area contributed by atoms with Crippen molar-refractivity contribution in [1.82, 2.24) is 5.32 Å². The van der Waals surface area contributed by atoms with Crippen molar-refractivity contribution in [2.24, 2.45) is 11.3 Å². The minimum absolute atomic E-state index is 0.147. The second-order valence-corrected chi connectivity index (χ2v) is 8.02. The molecule has 0 atom stereocenters. The zero-order valence-corrected chi connectivity index (χ0v) is 17.0. The molecule has 0 heterocycles. The summed E-state index contributed by atoms with van der Waals surface area (Å²) in [5.41, 5.74) is 0.684. The lowest BCUT2D eigenvalue weighted by molar-refractivity contribution is -0.150. The molecule has 1 N–H and O–H groups in total. The number of para-hydroxylation sites is 1. The van der Waals surface area contributed by atoms with E-state index < -0.39 is 5.97 Å². The molecule has 1 aliphatic rings. The molecule has 1 aromatic rings. The first kappa shape index (κ1) is 21.7. The summed E-state index contributed by atoms with van der Waals surface area (Å²) in [6, 6.07) is 8.77. The van der Waals surface area contributed by atoms with Crippen LogP contribution >= 0.6 is 0 Å². The molecule has 0 aliphatic heterocycles. The molecule has 1 saturated carbocycles. The Morgan fingerprint density at radius 1 is 1.18 bits per heavy atom. The summed E-state index contributed by atoms with van der Waals surface area (Å²) in [7, 11) is 0. The summed E-state index contributed by atoms with van der Waals surface area (Å²) in [6.07, 6.45) is 5.30. The van der Waals surface area contributed by atoms with Gasteiger partial charge in [0, 0.05) is 6.04 Å². The van der Waals surface area contributed by atoms with E-state index in [1.54, 1.807) is 24.3 Å². The van der Waals surface area contributed by atoms with Crippen LogP contribution < -0.4 is 10.1 Å². The van der Waals surface area contributed by atoms with Gasteiger partial charge in [-0.25, -0.2) is 4.79 Å². The summed E-state index contributed by atoms with van der Waals surface area (Å²) in [4.78, 5) is 23.8. The number of nitrogens with one attached hydrogen (secondary N) is 1. The molecule has 0 bridgehead atoms. The van der Waals surface area contributed by atoms with Crippen molar-refractivity contribution in [1.29, 1.82) is 5.26 Å². The molecule has 0 aromatic heterocycles. The van der Waals surface area contributed by atoms with Gasteiger partial charge in [-0.05, 0) is 49.1 Å². The summed E-state index contributed by atoms with van der Waals surface area (Å²) in [6.45, 7) is 6.19. The lowest BCUT2D eigenvalue weighted by Gasteiger charge is -2.39. The molecular formula is C22H30N2O4. The molecule has 2 rings (SSSR count). The number of ether oxygens (including phenoxy) is 2. The highest BCUT2D eigenvalue weighted by Gasteiger charge is 2.32. The van der Waals surface area contributed by atoms with Gasteiger partial charge in [-0.2, -0.15) is 5.26 Å². The maximum Gasteiger partial charge on any atom is 0.344 e. The monoisotopic (exact) mass is 386 g/mol. The zero-order valence-electron chi connectivity index (χ0n) is 17.0. The highest BCUT2D eigenvalue weighted by Crippen LogP contribution is 2.40. The predicted molar refractivity (Wildman–Crippen MR) is 106 cm³/mol. The van der Waals surface area contributed by atoms with Gasteiger partial charge in [0.1, 0.15) is 11.8 Å². The van der Waals surface area contributed by atoms with Crippen molar-refractivity contribution in [2.75, 3.05) is 13.2 Å². The summed E-state index contributed by atoms with van der Waals surface area (Å²) in [5.74, 6) is 0.0790. The minimum Gasteiger partial charge on any atom is -0.481 e. The fourth-order valence-corrected chi connectivity index (χ4v) is 3.59. The van der Waals surface area contributed by atoms with Crippen LogP contribution in [0.5, 0.6) is 5.75 Å². The van der Waals surface area contributed by atoms with Gasteiger partial charge in [0.05, 0.1) is 5.56 Å². The highest BCUT2D eigenvalue weighted by molar-refractivity contribution is 5.81. The van der Waals surface area contributed by atoms with Gasteiger partial charge < -0.3 is 14.8 Å². The van der Waals surface area contributed by atoms with Crippen molar-refractivity contribution < 1.29 is 19.1 Å². The smallest absolute Gasteiger partial charge is 0.344 e. The molecule has 0 radical (unpaired) electrons. The van der Waals surface area contributed by atoms with Crippen molar-refractivity contribution in [2.45, 2.75) is 58.9 Å². The Balaban J connectivity index is 1.67. The maximum atomic E-state index is 12.1. The quantitative estimate of drug-likeness (QED) is 0.690. The highest BCUT2D eigenvalue weighted by atomic mass is 16.6. The normalized spacial score (nSPS) is 19.4. The molecule has 152 valence electrons. The van der Waals surface area contributed by atoms with Crippen LogP contribution in [0, 0.1) is 22.7 Å². The van der Waals surface area contributed by atoms with Gasteiger partial charge in [-0.3, -0.25) is 4.79 Å². The number of nitriles is 1. The van der Waals surface area contributed by atoms with E-state index in [-0.39, 0.29) is 25.2 Å². The van der Waals surface area contributed by atoms with Crippen LogP contribution in [-0.4, -0.2) is 31.1 Å². The van der Waals surface area contributed by atoms with E-state index in [2.05, 4.69) is 26.1 Å². The van der Waals surface area contributed by atoms with Crippen LogP contribution in [0.1, 0.15) is 58.4 Å². The van der Waals surface area contributed by atoms with Gasteiger partial charge in [0.2, 0.25) is 0 Å². The molecule has 0 unspecified atom stereocenters. The van der Waals surface area contributed by atoms with Crippen molar-refractivity contribution >= 4 is 11.9 Å². The van der Waals surface area contributed by atoms with E-state index in [9.17, 15) is 9.59 Å². The van der Waals surface area contributed by atoms with Gasteiger partial charge in [-0.15, -0.1) is 0 Å². The molecule has 28 heavy (non-hydrogen) atoms. The zero-order chi connectivity index (χ0) is 20.6. The first-order valence-corrected chi connectivity index (χ1v) is 9.92. The maximum absolute atomic E-state index is 12.1. The molecule has 0 saturated heterocycles. The van der Waals surface area contributed by atoms with Gasteiger partial charge in [0.25, 0.3) is 5.91 Å². The Hall–Kier alpha value is -2.55. The van der Waals surface area contributed by atoms with Crippen LogP contribution in [0.15, 0.2) is 24.3 Å². The van der Waals surface area contributed by atoms with E-state index in [4.69, 9.17) is 14.7 Å². The van der Waals surface area contributed by atoms with E-state index in [0.717, 1.165) is 32.1 Å². The Labute approximate surface area is 167 Å². The topological polar surface area (TPSA) is 88.4 Å². The summed E-state index contributed by atoms with van der Waals surface area (Å²) < 4.78 is 10.3. The lowest BCUT2D eigenvalue weighted by atomic mass is 9.69. The Kier molecular flexibility index (Phi) is 7.86. The molecule has 1 aliphatic carbocycles. The molecule has 1 amide bonds. The van der Waals surface area contributed by atoms with E-state index in [1.165, 1.54) is 0 Å². The molecule has 6 nitrogen and oxygen atoms in total. The fraction of sp³-hybridized carbons (Fsp3) is 0.591. The Bertz CT molecular complexity index is 715. The number of esters is 1. The summed E-state index contributed by atoms with van der Waals surface area (Å²) in [5, 5.41) is 11.9. The van der Waals surface area contributed by atoms with Crippen molar-refractivity contribution in [3.63, 3.8) is 0 Å². The molecular weight excluding hydrogens is 356 g/mol. The molecule has 1 fully saturated rings. The molecule has 1 aromatic carbocycles. The van der Waals surface area contributed by atoms with Crippen LogP contribution in [0.3, 0.4) is 0 Å². The first-order chi connectivity index (χ1) is 13.4. The van der Waals surface area contributed by atoms with Crippen molar-refractivity contribution in [3.05, 3.63) is 29.8 Å². The Morgan fingerprint density at radius 3 is 2.50 bits per heavy atom.